The van der Waals surface area contributed by atoms with Crippen molar-refractivity contribution in [3.05, 3.63) is 29.8 Å². The van der Waals surface area contributed by atoms with Crippen LogP contribution in [0.15, 0.2) is 24.3 Å². The summed E-state index contributed by atoms with van der Waals surface area (Å²) < 4.78 is 56.2. The minimum absolute atomic E-state index is 0.235. The third-order valence-electron chi connectivity index (χ3n) is 3.79. The third-order valence-corrected chi connectivity index (χ3v) is 3.79. The zero-order valence-electron chi connectivity index (χ0n) is 13.3. The second-order valence-corrected chi connectivity index (χ2v) is 5.90. The Kier molecular flexibility index (Phi) is 8.44. The van der Waals surface area contributed by atoms with E-state index in [1.165, 1.54) is 0 Å². The van der Waals surface area contributed by atoms with E-state index in [-0.39, 0.29) is 19.0 Å². The molecule has 0 saturated heterocycles. The first-order valence-corrected chi connectivity index (χ1v) is 7.62. The summed E-state index contributed by atoms with van der Waals surface area (Å²) in [5.41, 5.74) is 3.84. The van der Waals surface area contributed by atoms with Crippen LogP contribution in [0.1, 0.15) is 12.0 Å². The van der Waals surface area contributed by atoms with Crippen molar-refractivity contribution in [1.82, 2.24) is 0 Å². The summed E-state index contributed by atoms with van der Waals surface area (Å²) >= 11 is 0. The van der Waals surface area contributed by atoms with E-state index >= 15 is 0 Å². The lowest BCUT2D eigenvalue weighted by Crippen LogP contribution is -2.76. The SMILES string of the molecule is [NH3+]C(CO)(CO)CCc1ccc(OC[C@@H](F)[C@H](F)[C@@H](F)CF)cc1. The summed E-state index contributed by atoms with van der Waals surface area (Å²) in [5, 5.41) is 18.3. The van der Waals surface area contributed by atoms with Crippen LogP contribution in [0.5, 0.6) is 5.75 Å². The molecule has 5 N–H and O–H groups in total. The monoisotopic (exact) mass is 354 g/mol. The van der Waals surface area contributed by atoms with Gasteiger partial charge in [-0.1, -0.05) is 12.1 Å². The molecule has 24 heavy (non-hydrogen) atoms. The number of hydrogen-bond acceptors (Lipinski definition) is 3. The molecule has 8 heteroatoms. The minimum atomic E-state index is -2.56. The molecule has 0 aromatic heterocycles. The number of aliphatic hydroxyl groups is 2. The van der Waals surface area contributed by atoms with Gasteiger partial charge in [0.25, 0.3) is 0 Å². The molecule has 0 amide bonds. The second-order valence-electron chi connectivity index (χ2n) is 5.90. The molecule has 3 atom stereocenters. The molecule has 138 valence electrons. The lowest BCUT2D eigenvalue weighted by Gasteiger charge is -2.20. The van der Waals surface area contributed by atoms with E-state index in [0.717, 1.165) is 5.56 Å². The number of alkyl halides is 4. The van der Waals surface area contributed by atoms with Gasteiger partial charge in [0, 0.05) is 6.42 Å². The summed E-state index contributed by atoms with van der Waals surface area (Å²) in [6.45, 7) is -2.76. The number of halogens is 4. The van der Waals surface area contributed by atoms with Gasteiger partial charge in [0.15, 0.2) is 18.5 Å². The molecule has 0 bridgehead atoms. The van der Waals surface area contributed by atoms with Crippen molar-refractivity contribution in [3.63, 3.8) is 0 Å². The zero-order chi connectivity index (χ0) is 18.2. The molecule has 0 saturated carbocycles. The van der Waals surface area contributed by atoms with E-state index in [9.17, 15) is 27.8 Å². The highest BCUT2D eigenvalue weighted by atomic mass is 19.2. The molecule has 0 aliphatic carbocycles. The Bertz CT molecular complexity index is 471. The molecular formula is C16H24F4NO3+. The maximum Gasteiger partial charge on any atom is 0.168 e. The van der Waals surface area contributed by atoms with E-state index in [1.54, 1.807) is 24.3 Å². The number of aryl methyl sites for hydroxylation is 1. The lowest BCUT2D eigenvalue weighted by molar-refractivity contribution is -0.491. The van der Waals surface area contributed by atoms with Gasteiger partial charge >= 0.3 is 0 Å². The molecule has 0 fully saturated rings. The van der Waals surface area contributed by atoms with E-state index in [4.69, 9.17) is 4.74 Å². The first-order chi connectivity index (χ1) is 11.3. The third kappa shape index (κ3) is 6.26. The van der Waals surface area contributed by atoms with Crippen molar-refractivity contribution in [3.8, 4) is 5.75 Å². The smallest absolute Gasteiger partial charge is 0.168 e. The topological polar surface area (TPSA) is 77.3 Å². The van der Waals surface area contributed by atoms with Crippen LogP contribution in [0.2, 0.25) is 0 Å². The van der Waals surface area contributed by atoms with Crippen LogP contribution < -0.4 is 10.5 Å². The summed E-state index contributed by atoms with van der Waals surface area (Å²) in [7, 11) is 0. The van der Waals surface area contributed by atoms with Crippen LogP contribution in [0.25, 0.3) is 0 Å². The van der Waals surface area contributed by atoms with Crippen LogP contribution in [-0.2, 0) is 6.42 Å². The van der Waals surface area contributed by atoms with Gasteiger partial charge in [0.05, 0.1) is 0 Å². The highest BCUT2D eigenvalue weighted by Gasteiger charge is 2.30. The first kappa shape index (κ1) is 20.7. The number of aliphatic hydroxyl groups excluding tert-OH is 2. The quantitative estimate of drug-likeness (QED) is 0.518. The van der Waals surface area contributed by atoms with E-state index in [1.807, 2.05) is 0 Å². The number of rotatable bonds is 11. The number of ether oxygens (including phenoxy) is 1. The molecule has 1 aromatic carbocycles. The summed E-state index contributed by atoms with van der Waals surface area (Å²) in [6, 6.07) is 6.48. The van der Waals surface area contributed by atoms with E-state index in [0.29, 0.717) is 12.8 Å². The molecule has 0 radical (unpaired) electrons. The van der Waals surface area contributed by atoms with Gasteiger partial charge in [-0.05, 0) is 24.1 Å². The maximum atomic E-state index is 13.4. The van der Waals surface area contributed by atoms with Gasteiger partial charge in [-0.3, -0.25) is 0 Å². The predicted octanol–water partition coefficient (Wildman–Crippen LogP) is 0.947. The van der Waals surface area contributed by atoms with Crippen LogP contribution in [0, 0.1) is 0 Å². The fourth-order valence-electron chi connectivity index (χ4n) is 1.95. The Morgan fingerprint density at radius 1 is 1.04 bits per heavy atom. The van der Waals surface area contributed by atoms with Gasteiger partial charge in [0.2, 0.25) is 0 Å². The summed E-state index contributed by atoms with van der Waals surface area (Å²) in [6.07, 6.45) is -6.28. The highest BCUT2D eigenvalue weighted by Crippen LogP contribution is 2.18. The Hall–Kier alpha value is -1.38. The van der Waals surface area contributed by atoms with Crippen LogP contribution >= 0.6 is 0 Å². The normalized spacial score (nSPS) is 15.8. The number of quaternary nitrogens is 1. The van der Waals surface area contributed by atoms with Gasteiger partial charge in [-0.25, -0.2) is 17.6 Å². The van der Waals surface area contributed by atoms with Gasteiger partial charge in [-0.15, -0.1) is 0 Å². The Balaban J connectivity index is 2.47. The highest BCUT2D eigenvalue weighted by molar-refractivity contribution is 5.27. The van der Waals surface area contributed by atoms with Crippen molar-refractivity contribution in [2.75, 3.05) is 26.5 Å². The van der Waals surface area contributed by atoms with Crippen LogP contribution in [-0.4, -0.2) is 60.8 Å². The van der Waals surface area contributed by atoms with Gasteiger partial charge in [-0.2, -0.15) is 0 Å². The predicted molar refractivity (Wildman–Crippen MR) is 80.7 cm³/mol. The van der Waals surface area contributed by atoms with E-state index < -0.39 is 37.3 Å². The van der Waals surface area contributed by atoms with Gasteiger partial charge < -0.3 is 20.7 Å². The van der Waals surface area contributed by atoms with Crippen molar-refractivity contribution in [2.24, 2.45) is 0 Å². The average molecular weight is 354 g/mol. The largest absolute Gasteiger partial charge is 0.490 e. The molecule has 1 rings (SSSR count). The standard InChI is InChI=1S/C16H23F4NO3/c17-7-13(18)15(20)14(19)8-24-12-3-1-11(2-4-12)5-6-16(21,9-22)10-23/h1-4,13-15,22-23H,5-10,21H2/p+1/t13-,14+,15+/m0/s1. The first-order valence-electron chi connectivity index (χ1n) is 7.62. The van der Waals surface area contributed by atoms with Crippen molar-refractivity contribution in [1.29, 1.82) is 0 Å². The second kappa shape index (κ2) is 9.80. The number of hydrogen-bond donors (Lipinski definition) is 3. The molecule has 0 aliphatic rings. The van der Waals surface area contributed by atoms with E-state index in [2.05, 4.69) is 5.73 Å². The van der Waals surface area contributed by atoms with Crippen molar-refractivity contribution in [2.45, 2.75) is 36.9 Å². The van der Waals surface area contributed by atoms with Crippen LogP contribution in [0.3, 0.4) is 0 Å². The zero-order valence-corrected chi connectivity index (χ0v) is 13.3. The van der Waals surface area contributed by atoms with Crippen LogP contribution in [0.4, 0.5) is 17.6 Å². The van der Waals surface area contributed by atoms with Gasteiger partial charge in [0.1, 0.15) is 37.8 Å². The van der Waals surface area contributed by atoms with Crippen molar-refractivity contribution < 1.29 is 38.2 Å². The minimum Gasteiger partial charge on any atom is -0.490 e. The molecule has 0 spiro atoms. The molecule has 1 aromatic rings. The fraction of sp³-hybridized carbons (Fsp3) is 0.625. The van der Waals surface area contributed by atoms with Crippen molar-refractivity contribution >= 4 is 0 Å². The summed E-state index contributed by atoms with van der Waals surface area (Å²) in [5.74, 6) is 0.273. The lowest BCUT2D eigenvalue weighted by atomic mass is 9.94. The Labute approximate surface area is 138 Å². The Morgan fingerprint density at radius 2 is 1.62 bits per heavy atom. The molecular weight excluding hydrogens is 330 g/mol. The molecule has 0 heterocycles. The Morgan fingerprint density at radius 3 is 2.12 bits per heavy atom. The number of benzene rings is 1. The molecule has 4 nitrogen and oxygen atoms in total. The average Bonchev–Trinajstić information content (AvgIpc) is 2.63. The fourth-order valence-corrected chi connectivity index (χ4v) is 1.95. The summed E-state index contributed by atoms with van der Waals surface area (Å²) in [4.78, 5) is 0. The molecule has 0 aliphatic heterocycles. The maximum absolute atomic E-state index is 13.4. The molecule has 0 unspecified atom stereocenters.